The number of rotatable bonds is 6. The molecule has 0 aliphatic carbocycles. The molecule has 176 valence electrons. The van der Waals surface area contributed by atoms with Crippen LogP contribution in [0, 0.1) is 5.41 Å². The Hall–Kier alpha value is -2.84. The van der Waals surface area contributed by atoms with E-state index in [1.807, 2.05) is 14.1 Å². The Kier molecular flexibility index (Phi) is 7.81. The maximum atomic E-state index is 13.0. The Morgan fingerprint density at radius 1 is 1.09 bits per heavy atom. The van der Waals surface area contributed by atoms with Crippen LogP contribution >= 0.6 is 11.6 Å². The second-order valence-corrected chi connectivity index (χ2v) is 8.55. The van der Waals surface area contributed by atoms with Crippen LogP contribution in [0.25, 0.3) is 5.70 Å². The maximum absolute atomic E-state index is 13.0. The number of likely N-dealkylation sites (tertiary alicyclic amines) is 1. The molecule has 5 nitrogen and oxygen atoms in total. The highest BCUT2D eigenvalue weighted by Crippen LogP contribution is 2.28. The van der Waals surface area contributed by atoms with Gasteiger partial charge in [0.25, 0.3) is 5.91 Å². The lowest BCUT2D eigenvalue weighted by atomic mass is 10.0. The van der Waals surface area contributed by atoms with E-state index in [9.17, 15) is 18.0 Å². The summed E-state index contributed by atoms with van der Waals surface area (Å²) in [5.74, 6) is -0.105. The molecule has 0 bridgehead atoms. The molecule has 2 N–H and O–H groups in total. The molecule has 1 aliphatic heterocycles. The Morgan fingerprint density at radius 3 is 2.21 bits per heavy atom. The van der Waals surface area contributed by atoms with Crippen LogP contribution in [0.4, 0.5) is 18.9 Å². The van der Waals surface area contributed by atoms with E-state index in [0.717, 1.165) is 12.8 Å². The molecule has 0 saturated carbocycles. The van der Waals surface area contributed by atoms with E-state index in [1.54, 1.807) is 53.4 Å². The van der Waals surface area contributed by atoms with Gasteiger partial charge in [-0.3, -0.25) is 10.2 Å². The van der Waals surface area contributed by atoms with E-state index >= 15 is 0 Å². The number of nitrogens with one attached hydrogen (secondary N) is 2. The van der Waals surface area contributed by atoms with E-state index in [1.165, 1.54) is 0 Å². The minimum absolute atomic E-state index is 0.0521. The van der Waals surface area contributed by atoms with Gasteiger partial charge in [0.1, 0.15) is 5.71 Å². The minimum atomic E-state index is -4.79. The molecule has 2 aromatic carbocycles. The van der Waals surface area contributed by atoms with Crippen LogP contribution in [0.15, 0.2) is 54.6 Å². The number of nitrogens with zero attached hydrogens (tertiary/aromatic N) is 2. The van der Waals surface area contributed by atoms with E-state index in [0.29, 0.717) is 47.0 Å². The minimum Gasteiger partial charge on any atom is -0.354 e. The Balaban J connectivity index is 1.82. The monoisotopic (exact) mass is 478 g/mol. The fraction of sp³-hybridized carbons (Fsp3) is 0.333. The van der Waals surface area contributed by atoms with Crippen molar-refractivity contribution in [3.8, 4) is 0 Å². The van der Waals surface area contributed by atoms with Crippen molar-refractivity contribution >= 4 is 34.6 Å². The van der Waals surface area contributed by atoms with Gasteiger partial charge in [0.2, 0.25) is 0 Å². The molecule has 0 aromatic heterocycles. The van der Waals surface area contributed by atoms with Crippen LogP contribution in [0.2, 0.25) is 5.02 Å². The lowest BCUT2D eigenvalue weighted by Crippen LogP contribution is -2.44. The SMILES string of the molecule is CN(C)C1CCN(C(=O)c2ccc(/C(=C/C(=N)C(F)(F)F)Nc3ccccc3Cl)cc2)CC1. The lowest BCUT2D eigenvalue weighted by Gasteiger charge is -2.35. The van der Waals surface area contributed by atoms with Gasteiger partial charge in [0.05, 0.1) is 10.7 Å². The number of anilines is 1. The van der Waals surface area contributed by atoms with Crippen LogP contribution in [-0.4, -0.2) is 60.8 Å². The van der Waals surface area contributed by atoms with E-state index < -0.39 is 11.9 Å². The van der Waals surface area contributed by atoms with Crippen LogP contribution in [0.3, 0.4) is 0 Å². The number of piperidine rings is 1. The van der Waals surface area contributed by atoms with Crippen molar-refractivity contribution in [2.24, 2.45) is 0 Å². The Bertz CT molecular complexity index is 1030. The Morgan fingerprint density at radius 2 is 1.67 bits per heavy atom. The number of alkyl halides is 3. The third kappa shape index (κ3) is 6.36. The van der Waals surface area contributed by atoms with Crippen molar-refractivity contribution in [3.63, 3.8) is 0 Å². The predicted molar refractivity (Wildman–Crippen MR) is 126 cm³/mol. The van der Waals surface area contributed by atoms with Crippen molar-refractivity contribution in [3.05, 3.63) is 70.8 Å². The zero-order valence-electron chi connectivity index (χ0n) is 18.4. The first-order valence-corrected chi connectivity index (χ1v) is 10.9. The van der Waals surface area contributed by atoms with Crippen molar-refractivity contribution in [2.45, 2.75) is 25.1 Å². The zero-order valence-corrected chi connectivity index (χ0v) is 19.2. The summed E-state index contributed by atoms with van der Waals surface area (Å²) in [4.78, 5) is 16.8. The van der Waals surface area contributed by atoms with Crippen molar-refractivity contribution in [1.29, 1.82) is 5.41 Å². The van der Waals surface area contributed by atoms with Crippen LogP contribution in [0.5, 0.6) is 0 Å². The number of halogens is 4. The fourth-order valence-corrected chi connectivity index (χ4v) is 3.87. The summed E-state index contributed by atoms with van der Waals surface area (Å²) in [6.45, 7) is 1.32. The molecule has 1 saturated heterocycles. The number of carbonyl (C=O) groups is 1. The predicted octanol–water partition coefficient (Wildman–Crippen LogP) is 5.54. The first kappa shape index (κ1) is 24.8. The van der Waals surface area contributed by atoms with Gasteiger partial charge in [-0.05, 0) is 62.8 Å². The quantitative estimate of drug-likeness (QED) is 0.536. The summed E-state index contributed by atoms with van der Waals surface area (Å²) in [5, 5.41) is 10.6. The van der Waals surface area contributed by atoms with Gasteiger partial charge >= 0.3 is 6.18 Å². The summed E-state index contributed by atoms with van der Waals surface area (Å²) < 4.78 is 39.1. The van der Waals surface area contributed by atoms with E-state index in [2.05, 4.69) is 10.2 Å². The third-order valence-corrected chi connectivity index (χ3v) is 5.99. The molecule has 3 rings (SSSR count). The van der Waals surface area contributed by atoms with E-state index in [-0.39, 0.29) is 11.6 Å². The molecule has 1 aliphatic rings. The molecule has 0 spiro atoms. The normalized spacial score (nSPS) is 15.6. The molecular weight excluding hydrogens is 453 g/mol. The highest BCUT2D eigenvalue weighted by molar-refractivity contribution is 6.33. The first-order chi connectivity index (χ1) is 15.6. The number of para-hydroxylation sites is 1. The van der Waals surface area contributed by atoms with Gasteiger partial charge < -0.3 is 15.1 Å². The van der Waals surface area contributed by atoms with Crippen molar-refractivity contribution in [2.75, 3.05) is 32.5 Å². The number of benzene rings is 2. The summed E-state index contributed by atoms with van der Waals surface area (Å²) in [6.07, 6.45) is -2.29. The van der Waals surface area contributed by atoms with Crippen molar-refractivity contribution in [1.82, 2.24) is 9.80 Å². The largest absolute Gasteiger partial charge is 0.432 e. The van der Waals surface area contributed by atoms with Crippen molar-refractivity contribution < 1.29 is 18.0 Å². The molecule has 33 heavy (non-hydrogen) atoms. The van der Waals surface area contributed by atoms with Gasteiger partial charge in [-0.1, -0.05) is 35.9 Å². The number of hydrogen-bond acceptors (Lipinski definition) is 4. The number of amides is 1. The molecular formula is C24H26ClF3N4O. The highest BCUT2D eigenvalue weighted by atomic mass is 35.5. The van der Waals surface area contributed by atoms with Crippen LogP contribution in [-0.2, 0) is 0 Å². The molecule has 1 fully saturated rings. The lowest BCUT2D eigenvalue weighted by molar-refractivity contribution is -0.0583. The molecule has 1 heterocycles. The smallest absolute Gasteiger partial charge is 0.354 e. The van der Waals surface area contributed by atoms with Gasteiger partial charge in [0.15, 0.2) is 0 Å². The fourth-order valence-electron chi connectivity index (χ4n) is 3.69. The molecule has 0 radical (unpaired) electrons. The number of allylic oxidation sites excluding steroid dienone is 1. The summed E-state index contributed by atoms with van der Waals surface area (Å²) in [6, 6.07) is 13.4. The molecule has 2 aromatic rings. The van der Waals surface area contributed by atoms with Gasteiger partial charge in [0, 0.05) is 30.4 Å². The third-order valence-electron chi connectivity index (χ3n) is 5.66. The number of carbonyl (C=O) groups excluding carboxylic acids is 1. The summed E-state index contributed by atoms with van der Waals surface area (Å²) in [7, 11) is 4.06. The zero-order chi connectivity index (χ0) is 24.2. The standard InChI is InChI=1S/C24H26ClF3N4O/c1-31(2)18-11-13-32(14-12-18)23(33)17-9-7-16(8-10-17)21(15-22(29)24(26,27)28)30-20-6-4-3-5-19(20)25/h3-10,15,18,29-30H,11-14H2,1-2H3/b21-15-,29-22?. The second-order valence-electron chi connectivity index (χ2n) is 8.14. The Labute approximate surface area is 196 Å². The second kappa shape index (κ2) is 10.4. The first-order valence-electron chi connectivity index (χ1n) is 10.5. The maximum Gasteiger partial charge on any atom is 0.432 e. The summed E-state index contributed by atoms with van der Waals surface area (Å²) >= 11 is 6.15. The molecule has 9 heteroatoms. The van der Waals surface area contributed by atoms with Gasteiger partial charge in [-0.15, -0.1) is 0 Å². The molecule has 0 unspecified atom stereocenters. The number of hydrogen-bond donors (Lipinski definition) is 2. The van der Waals surface area contributed by atoms with Crippen LogP contribution < -0.4 is 5.32 Å². The average molecular weight is 479 g/mol. The average Bonchev–Trinajstić information content (AvgIpc) is 2.79. The van der Waals surface area contributed by atoms with Gasteiger partial charge in [-0.2, -0.15) is 13.2 Å². The summed E-state index contributed by atoms with van der Waals surface area (Å²) in [5.41, 5.74) is -0.182. The highest BCUT2D eigenvalue weighted by Gasteiger charge is 2.33. The topological polar surface area (TPSA) is 59.4 Å². The van der Waals surface area contributed by atoms with E-state index in [4.69, 9.17) is 17.0 Å². The van der Waals surface area contributed by atoms with Crippen LogP contribution in [0.1, 0.15) is 28.8 Å². The molecule has 1 amide bonds. The van der Waals surface area contributed by atoms with Gasteiger partial charge in [-0.25, -0.2) is 0 Å². The molecule has 0 atom stereocenters.